The fraction of sp³-hybridized carbons (Fsp3) is 0.556. The Hall–Kier alpha value is -1.30. The number of hydrazine groups is 1. The topological polar surface area (TPSA) is 50.1 Å². The highest BCUT2D eigenvalue weighted by Gasteiger charge is 2.07. The molecule has 0 heterocycles. The van der Waals surface area contributed by atoms with E-state index in [1.54, 1.807) is 0 Å². The van der Waals surface area contributed by atoms with Crippen molar-refractivity contribution in [2.45, 2.75) is 27.2 Å². The molecular formula is C9H17N3. The van der Waals surface area contributed by atoms with E-state index in [0.717, 1.165) is 6.42 Å². The first-order valence-corrected chi connectivity index (χ1v) is 3.88. The molecule has 0 aliphatic rings. The van der Waals surface area contributed by atoms with Crippen molar-refractivity contribution in [1.29, 1.82) is 0 Å². The molecular weight excluding hydrogens is 150 g/mol. The molecule has 3 nitrogen and oxygen atoms in total. The van der Waals surface area contributed by atoms with Crippen molar-refractivity contribution in [2.24, 2.45) is 11.1 Å². The van der Waals surface area contributed by atoms with Crippen LogP contribution in [0.4, 0.5) is 0 Å². The summed E-state index contributed by atoms with van der Waals surface area (Å²) in [6.07, 6.45) is 7.77. The van der Waals surface area contributed by atoms with Gasteiger partial charge >= 0.3 is 0 Å². The van der Waals surface area contributed by atoms with E-state index in [0.29, 0.717) is 5.82 Å². The van der Waals surface area contributed by atoms with Crippen LogP contribution in [0, 0.1) is 17.9 Å². The van der Waals surface area contributed by atoms with Crippen molar-refractivity contribution in [3.8, 4) is 12.5 Å². The first kappa shape index (κ1) is 10.7. The van der Waals surface area contributed by atoms with E-state index >= 15 is 0 Å². The van der Waals surface area contributed by atoms with Gasteiger partial charge in [-0.25, -0.2) is 0 Å². The molecule has 0 aromatic carbocycles. The van der Waals surface area contributed by atoms with Crippen molar-refractivity contribution in [1.82, 2.24) is 10.9 Å². The Balaban J connectivity index is 3.78. The Morgan fingerprint density at radius 2 is 2.17 bits per heavy atom. The molecule has 68 valence electrons. The normalized spacial score (nSPS) is 12.0. The minimum absolute atomic E-state index is 0.252. The van der Waals surface area contributed by atoms with E-state index in [1.807, 2.05) is 6.08 Å². The van der Waals surface area contributed by atoms with Crippen LogP contribution in [0.2, 0.25) is 0 Å². The van der Waals surface area contributed by atoms with Gasteiger partial charge in [0.2, 0.25) is 0 Å². The maximum absolute atomic E-state index is 5.56. The van der Waals surface area contributed by atoms with E-state index in [2.05, 4.69) is 37.7 Å². The number of nitrogens with two attached hydrogens (primary N) is 1. The molecule has 0 bridgehead atoms. The first-order valence-electron chi connectivity index (χ1n) is 3.88. The molecule has 0 saturated carbocycles. The smallest absolute Gasteiger partial charge is 0.111 e. The van der Waals surface area contributed by atoms with Crippen LogP contribution < -0.4 is 16.6 Å². The summed E-state index contributed by atoms with van der Waals surface area (Å²) in [5.41, 5.74) is 10.9. The Bertz CT molecular complexity index is 193. The Kier molecular flexibility index (Phi) is 4.06. The number of terminal acetylenes is 1. The molecule has 0 saturated heterocycles. The van der Waals surface area contributed by atoms with E-state index in [1.165, 1.54) is 0 Å². The highest BCUT2D eigenvalue weighted by atomic mass is 15.4. The summed E-state index contributed by atoms with van der Waals surface area (Å²) < 4.78 is 0. The quantitative estimate of drug-likeness (QED) is 0.332. The summed E-state index contributed by atoms with van der Waals surface area (Å²) in [7, 11) is 0. The molecule has 0 aliphatic heterocycles. The van der Waals surface area contributed by atoms with Crippen LogP contribution in [0.15, 0.2) is 11.9 Å². The Morgan fingerprint density at radius 1 is 1.58 bits per heavy atom. The van der Waals surface area contributed by atoms with Gasteiger partial charge < -0.3 is 5.73 Å². The Morgan fingerprint density at radius 3 is 2.58 bits per heavy atom. The number of allylic oxidation sites excluding steroid dienone is 1. The van der Waals surface area contributed by atoms with Crippen LogP contribution in [-0.2, 0) is 0 Å². The van der Waals surface area contributed by atoms with Crippen LogP contribution in [0.3, 0.4) is 0 Å². The molecule has 0 fully saturated rings. The van der Waals surface area contributed by atoms with Gasteiger partial charge in [-0.15, -0.1) is 0 Å². The second kappa shape index (κ2) is 4.55. The van der Waals surface area contributed by atoms with Gasteiger partial charge in [0.05, 0.1) is 0 Å². The highest BCUT2D eigenvalue weighted by Crippen LogP contribution is 2.18. The minimum atomic E-state index is 0.252. The summed E-state index contributed by atoms with van der Waals surface area (Å²) in [6.45, 7) is 6.43. The van der Waals surface area contributed by atoms with E-state index < -0.39 is 0 Å². The van der Waals surface area contributed by atoms with Crippen molar-refractivity contribution in [2.75, 3.05) is 0 Å². The fourth-order valence-corrected chi connectivity index (χ4v) is 0.575. The fourth-order valence-electron chi connectivity index (χ4n) is 0.575. The third-order valence-corrected chi connectivity index (χ3v) is 1.21. The van der Waals surface area contributed by atoms with Crippen molar-refractivity contribution in [3.63, 3.8) is 0 Å². The van der Waals surface area contributed by atoms with Gasteiger partial charge in [-0.2, -0.15) is 0 Å². The molecule has 0 amide bonds. The third-order valence-electron chi connectivity index (χ3n) is 1.21. The standard InChI is InChI=1S/C9H17N3/c1-5-11-12-8(10)6-7-9(2,3)4/h1,6,11-12H,7,10H2,2-4H3/b8-6-. The molecule has 0 aromatic rings. The van der Waals surface area contributed by atoms with Crippen LogP contribution in [-0.4, -0.2) is 0 Å². The second-order valence-electron chi connectivity index (χ2n) is 3.82. The third kappa shape index (κ3) is 6.81. The number of hydrogen-bond donors (Lipinski definition) is 3. The molecule has 0 rings (SSSR count). The largest absolute Gasteiger partial charge is 0.384 e. The monoisotopic (exact) mass is 167 g/mol. The number of hydrogen-bond acceptors (Lipinski definition) is 3. The average Bonchev–Trinajstić information content (AvgIpc) is 1.95. The van der Waals surface area contributed by atoms with Crippen LogP contribution in [0.1, 0.15) is 27.2 Å². The van der Waals surface area contributed by atoms with Gasteiger partial charge in [0, 0.05) is 6.04 Å². The summed E-state index contributed by atoms with van der Waals surface area (Å²) in [6, 6.07) is 2.21. The molecule has 4 N–H and O–H groups in total. The molecule has 3 heteroatoms. The molecule has 0 aromatic heterocycles. The SMILES string of the molecule is C#CNN/C(N)=C\CC(C)(C)C. The van der Waals surface area contributed by atoms with Crippen molar-refractivity contribution >= 4 is 0 Å². The number of rotatable bonds is 3. The lowest BCUT2D eigenvalue weighted by atomic mass is 9.92. The maximum Gasteiger partial charge on any atom is 0.111 e. The van der Waals surface area contributed by atoms with Crippen LogP contribution >= 0.6 is 0 Å². The summed E-state index contributed by atoms with van der Waals surface area (Å²) >= 11 is 0. The second-order valence-corrected chi connectivity index (χ2v) is 3.82. The predicted molar refractivity (Wildman–Crippen MR) is 51.4 cm³/mol. The lowest BCUT2D eigenvalue weighted by Gasteiger charge is -2.15. The molecule has 0 aliphatic carbocycles. The molecule has 0 unspecified atom stereocenters. The van der Waals surface area contributed by atoms with Gasteiger partial charge in [-0.05, 0) is 17.9 Å². The van der Waals surface area contributed by atoms with E-state index in [9.17, 15) is 0 Å². The van der Waals surface area contributed by atoms with E-state index in [-0.39, 0.29) is 5.41 Å². The molecule has 0 radical (unpaired) electrons. The minimum Gasteiger partial charge on any atom is -0.384 e. The zero-order valence-electron chi connectivity index (χ0n) is 7.94. The highest BCUT2D eigenvalue weighted by molar-refractivity contribution is 4.96. The van der Waals surface area contributed by atoms with Gasteiger partial charge in [-0.1, -0.05) is 27.2 Å². The van der Waals surface area contributed by atoms with E-state index in [4.69, 9.17) is 12.2 Å². The summed E-state index contributed by atoms with van der Waals surface area (Å²) in [4.78, 5) is 0. The maximum atomic E-state index is 5.56. The summed E-state index contributed by atoms with van der Waals surface area (Å²) in [5, 5.41) is 0. The van der Waals surface area contributed by atoms with Gasteiger partial charge in [0.15, 0.2) is 0 Å². The molecule has 0 atom stereocenters. The van der Waals surface area contributed by atoms with Crippen molar-refractivity contribution in [3.05, 3.63) is 11.9 Å². The first-order chi connectivity index (χ1) is 5.45. The van der Waals surface area contributed by atoms with Crippen molar-refractivity contribution < 1.29 is 0 Å². The van der Waals surface area contributed by atoms with Crippen LogP contribution in [0.25, 0.3) is 0 Å². The zero-order chi connectivity index (χ0) is 9.61. The van der Waals surface area contributed by atoms with Gasteiger partial charge in [-0.3, -0.25) is 10.9 Å². The number of nitrogens with one attached hydrogen (secondary N) is 2. The molecule has 12 heavy (non-hydrogen) atoms. The van der Waals surface area contributed by atoms with Gasteiger partial charge in [0.25, 0.3) is 0 Å². The predicted octanol–water partition coefficient (Wildman–Crippen LogP) is 0.908. The average molecular weight is 167 g/mol. The zero-order valence-corrected chi connectivity index (χ0v) is 7.94. The lowest BCUT2D eigenvalue weighted by molar-refractivity contribution is 0.418. The molecule has 0 spiro atoms. The lowest BCUT2D eigenvalue weighted by Crippen LogP contribution is -2.30. The van der Waals surface area contributed by atoms with Crippen LogP contribution in [0.5, 0.6) is 0 Å². The Labute approximate surface area is 74.4 Å². The summed E-state index contributed by atoms with van der Waals surface area (Å²) in [5.74, 6) is 0.558. The van der Waals surface area contributed by atoms with Gasteiger partial charge in [0.1, 0.15) is 5.82 Å².